The van der Waals surface area contributed by atoms with Gasteiger partial charge in [0.2, 0.25) is 0 Å². The molecule has 0 aliphatic heterocycles. The molecule has 1 aliphatic carbocycles. The molecule has 0 spiro atoms. The molecule has 1 amide bonds. The number of ether oxygens (including phenoxy) is 1. The van der Waals surface area contributed by atoms with E-state index in [9.17, 15) is 4.79 Å². The molecule has 5 rings (SSSR count). The first-order valence-corrected chi connectivity index (χ1v) is 14.7. The maximum atomic E-state index is 13.7. The minimum Gasteiger partial charge on any atom is -0.490 e. The van der Waals surface area contributed by atoms with Crippen LogP contribution in [0.3, 0.4) is 0 Å². The Bertz CT molecular complexity index is 1530. The number of carbonyl (C=O) groups is 1. The molecule has 0 radical (unpaired) electrons. The van der Waals surface area contributed by atoms with E-state index in [0.717, 1.165) is 57.6 Å². The van der Waals surface area contributed by atoms with E-state index in [1.165, 1.54) is 4.88 Å². The molecule has 6 heteroatoms. The van der Waals surface area contributed by atoms with Crippen LogP contribution in [0.4, 0.5) is 10.7 Å². The highest BCUT2D eigenvalue weighted by atomic mass is 35.5. The molecule has 0 saturated heterocycles. The molecule has 3 aromatic carbocycles. The number of thiophene rings is 1. The van der Waals surface area contributed by atoms with Gasteiger partial charge in [-0.05, 0) is 91.8 Å². The van der Waals surface area contributed by atoms with Gasteiger partial charge in [0.05, 0.1) is 11.7 Å². The average Bonchev–Trinajstić information content (AvgIpc) is 3.26. The summed E-state index contributed by atoms with van der Waals surface area (Å²) in [5.74, 6) is 1.31. The standard InChI is InChI=1S/C33H35ClN2O2S/c1-20(2)38-28-17-10-21(25-8-6-7-9-26(25)28)19-35-32-30(31(37)36-24-14-12-23(34)13-15-24)27-16-11-22(33(3,4)5)18-29(27)39-32/h6-10,12-15,17,19-20,22H,11,16,18H2,1-5H3,(H,36,37)/t22-/m0/s1. The maximum Gasteiger partial charge on any atom is 0.259 e. The number of hydrogen-bond donors (Lipinski definition) is 1. The van der Waals surface area contributed by atoms with Crippen molar-refractivity contribution in [3.8, 4) is 5.75 Å². The molecule has 1 N–H and O–H groups in total. The Morgan fingerprint density at radius 1 is 1.08 bits per heavy atom. The molecule has 1 atom stereocenters. The van der Waals surface area contributed by atoms with Gasteiger partial charge in [-0.15, -0.1) is 11.3 Å². The van der Waals surface area contributed by atoms with Gasteiger partial charge < -0.3 is 10.1 Å². The normalized spacial score (nSPS) is 15.6. The first-order valence-electron chi connectivity index (χ1n) is 13.5. The van der Waals surface area contributed by atoms with Gasteiger partial charge in [-0.3, -0.25) is 4.79 Å². The molecule has 0 saturated carbocycles. The molecule has 4 nitrogen and oxygen atoms in total. The number of halogens is 1. The van der Waals surface area contributed by atoms with Gasteiger partial charge in [-0.25, -0.2) is 4.99 Å². The summed E-state index contributed by atoms with van der Waals surface area (Å²) in [5.41, 5.74) is 3.76. The van der Waals surface area contributed by atoms with Crippen LogP contribution in [0.5, 0.6) is 5.75 Å². The number of nitrogens with zero attached hydrogens (tertiary/aromatic N) is 1. The van der Waals surface area contributed by atoms with Gasteiger partial charge in [0, 0.05) is 32.8 Å². The first kappa shape index (κ1) is 27.4. The molecular formula is C33H35ClN2O2S. The molecule has 39 heavy (non-hydrogen) atoms. The van der Waals surface area contributed by atoms with Gasteiger partial charge in [0.1, 0.15) is 10.8 Å². The van der Waals surface area contributed by atoms with E-state index in [1.807, 2.05) is 56.5 Å². The van der Waals surface area contributed by atoms with Gasteiger partial charge in [0.15, 0.2) is 0 Å². The van der Waals surface area contributed by atoms with Crippen molar-refractivity contribution in [3.05, 3.63) is 87.3 Å². The predicted octanol–water partition coefficient (Wildman–Crippen LogP) is 9.50. The van der Waals surface area contributed by atoms with E-state index >= 15 is 0 Å². The highest BCUT2D eigenvalue weighted by molar-refractivity contribution is 7.16. The lowest BCUT2D eigenvalue weighted by atomic mass is 9.72. The van der Waals surface area contributed by atoms with Gasteiger partial charge in [0.25, 0.3) is 5.91 Å². The third-order valence-electron chi connectivity index (χ3n) is 7.40. The van der Waals surface area contributed by atoms with E-state index in [1.54, 1.807) is 23.5 Å². The molecule has 4 aromatic rings. The van der Waals surface area contributed by atoms with Crippen molar-refractivity contribution in [3.63, 3.8) is 0 Å². The number of nitrogens with one attached hydrogen (secondary N) is 1. The van der Waals surface area contributed by atoms with Crippen LogP contribution in [0.25, 0.3) is 10.8 Å². The zero-order valence-corrected chi connectivity index (χ0v) is 24.7. The van der Waals surface area contributed by atoms with E-state index in [2.05, 4.69) is 38.2 Å². The minimum absolute atomic E-state index is 0.0870. The van der Waals surface area contributed by atoms with E-state index < -0.39 is 0 Å². The number of anilines is 1. The van der Waals surface area contributed by atoms with Crippen LogP contribution < -0.4 is 10.1 Å². The van der Waals surface area contributed by atoms with Crippen LogP contribution >= 0.6 is 22.9 Å². The summed E-state index contributed by atoms with van der Waals surface area (Å²) in [6, 6.07) is 19.5. The van der Waals surface area contributed by atoms with Crippen molar-refractivity contribution in [2.75, 3.05) is 5.32 Å². The molecule has 1 aliphatic rings. The van der Waals surface area contributed by atoms with Crippen LogP contribution in [0.15, 0.2) is 65.7 Å². The lowest BCUT2D eigenvalue weighted by molar-refractivity contribution is 0.102. The van der Waals surface area contributed by atoms with Gasteiger partial charge >= 0.3 is 0 Å². The molecule has 0 unspecified atom stereocenters. The van der Waals surface area contributed by atoms with E-state index in [4.69, 9.17) is 21.3 Å². The van der Waals surface area contributed by atoms with Crippen LogP contribution in [0.1, 0.15) is 67.4 Å². The predicted molar refractivity (Wildman–Crippen MR) is 166 cm³/mol. The Balaban J connectivity index is 1.54. The summed E-state index contributed by atoms with van der Waals surface area (Å²) < 4.78 is 6.05. The van der Waals surface area contributed by atoms with Crippen molar-refractivity contribution < 1.29 is 9.53 Å². The topological polar surface area (TPSA) is 50.7 Å². The zero-order valence-electron chi connectivity index (χ0n) is 23.2. The number of fused-ring (bicyclic) bond motifs is 2. The second-order valence-corrected chi connectivity index (χ2v) is 13.1. The summed E-state index contributed by atoms with van der Waals surface area (Å²) in [4.78, 5) is 19.9. The Morgan fingerprint density at radius 2 is 1.79 bits per heavy atom. The molecule has 0 bridgehead atoms. The maximum absolute atomic E-state index is 13.7. The van der Waals surface area contributed by atoms with E-state index in [0.29, 0.717) is 16.5 Å². The number of hydrogen-bond acceptors (Lipinski definition) is 4. The molecule has 1 aromatic heterocycles. The Hall–Kier alpha value is -3.15. The zero-order chi connectivity index (χ0) is 27.7. The Labute approximate surface area is 240 Å². The van der Waals surface area contributed by atoms with Crippen LogP contribution in [-0.4, -0.2) is 18.2 Å². The van der Waals surface area contributed by atoms with Crippen LogP contribution in [-0.2, 0) is 12.8 Å². The molecule has 0 fully saturated rings. The Kier molecular flexibility index (Phi) is 7.84. The summed E-state index contributed by atoms with van der Waals surface area (Å²) >= 11 is 7.71. The van der Waals surface area contributed by atoms with Gasteiger partial charge in [-0.2, -0.15) is 0 Å². The summed E-state index contributed by atoms with van der Waals surface area (Å²) in [6.07, 6.45) is 4.91. The van der Waals surface area contributed by atoms with Crippen LogP contribution in [0.2, 0.25) is 5.02 Å². The highest BCUT2D eigenvalue weighted by Gasteiger charge is 2.33. The number of amides is 1. The first-order chi connectivity index (χ1) is 18.6. The highest BCUT2D eigenvalue weighted by Crippen LogP contribution is 2.45. The third kappa shape index (κ3) is 6.05. The second kappa shape index (κ2) is 11.1. The number of benzene rings is 3. The second-order valence-electron chi connectivity index (χ2n) is 11.6. The molecular weight excluding hydrogens is 524 g/mol. The van der Waals surface area contributed by atoms with Crippen molar-refractivity contribution >= 4 is 56.5 Å². The molecule has 1 heterocycles. The van der Waals surface area contributed by atoms with Crippen molar-refractivity contribution in [2.24, 2.45) is 16.3 Å². The monoisotopic (exact) mass is 558 g/mol. The smallest absolute Gasteiger partial charge is 0.259 e. The van der Waals surface area contributed by atoms with E-state index in [-0.39, 0.29) is 17.4 Å². The number of rotatable bonds is 6. The van der Waals surface area contributed by atoms with Gasteiger partial charge in [-0.1, -0.05) is 56.6 Å². The molecule has 202 valence electrons. The fourth-order valence-electron chi connectivity index (χ4n) is 5.25. The number of aliphatic imine (C=N–C) groups is 1. The lowest BCUT2D eigenvalue weighted by Gasteiger charge is -2.33. The third-order valence-corrected chi connectivity index (χ3v) is 8.82. The fourth-order valence-corrected chi connectivity index (χ4v) is 6.65. The SMILES string of the molecule is CC(C)Oc1ccc(C=Nc2sc3c(c2C(=O)Nc2ccc(Cl)cc2)CC[C@H](C(C)(C)C)C3)c2ccccc12. The summed E-state index contributed by atoms with van der Waals surface area (Å²) in [5, 5.41) is 6.59. The minimum atomic E-state index is -0.123. The quantitative estimate of drug-likeness (QED) is 0.239. The number of carbonyl (C=O) groups excluding carboxylic acids is 1. The summed E-state index contributed by atoms with van der Waals surface area (Å²) in [7, 11) is 0. The van der Waals surface area contributed by atoms with Crippen molar-refractivity contribution in [2.45, 2.75) is 60.0 Å². The van der Waals surface area contributed by atoms with Crippen LogP contribution in [0, 0.1) is 11.3 Å². The largest absolute Gasteiger partial charge is 0.490 e. The Morgan fingerprint density at radius 3 is 2.49 bits per heavy atom. The fraction of sp³-hybridized carbons (Fsp3) is 0.333. The lowest BCUT2D eigenvalue weighted by Crippen LogP contribution is -2.27. The van der Waals surface area contributed by atoms with Crippen molar-refractivity contribution in [1.29, 1.82) is 0 Å². The summed E-state index contributed by atoms with van der Waals surface area (Å²) in [6.45, 7) is 11.0. The average molecular weight is 559 g/mol. The van der Waals surface area contributed by atoms with Crippen molar-refractivity contribution in [1.82, 2.24) is 0 Å².